The molecule has 1 aromatic carbocycles. The number of hydrogen-bond acceptors (Lipinski definition) is 5. The smallest absolute Gasteiger partial charge is 0.308 e. The van der Waals surface area contributed by atoms with Gasteiger partial charge in [-0.15, -0.1) is 0 Å². The molecule has 2 amide bonds. The minimum atomic E-state index is -0.801. The fourth-order valence-corrected chi connectivity index (χ4v) is 2.88. The van der Waals surface area contributed by atoms with Gasteiger partial charge in [0.2, 0.25) is 11.8 Å². The van der Waals surface area contributed by atoms with E-state index in [2.05, 4.69) is 15.4 Å². The second-order valence-corrected chi connectivity index (χ2v) is 6.26. The number of nitrogens with one attached hydrogen (secondary N) is 2. The van der Waals surface area contributed by atoms with E-state index in [-0.39, 0.29) is 29.8 Å². The quantitative estimate of drug-likeness (QED) is 0.586. The van der Waals surface area contributed by atoms with E-state index in [1.165, 1.54) is 12.0 Å². The summed E-state index contributed by atoms with van der Waals surface area (Å²) in [5.74, 6) is -1.16. The van der Waals surface area contributed by atoms with Gasteiger partial charge in [0.1, 0.15) is 6.04 Å². The highest BCUT2D eigenvalue weighted by atomic mass is 35.5. The molecule has 134 valence electrons. The average molecular weight is 384 g/mol. The summed E-state index contributed by atoms with van der Waals surface area (Å²) in [6.07, 6.45) is -0.0193. The van der Waals surface area contributed by atoms with Crippen LogP contribution in [0.25, 0.3) is 0 Å². The molecular formula is C16H18ClN3O4S. The number of carbonyl (C=O) groups excluding carboxylic acids is 3. The van der Waals surface area contributed by atoms with Crippen LogP contribution in [0.4, 0.5) is 0 Å². The molecule has 0 radical (unpaired) electrons. The van der Waals surface area contributed by atoms with Crippen LogP contribution in [0.2, 0.25) is 5.02 Å². The number of halogens is 1. The molecule has 0 spiro atoms. The average Bonchev–Trinajstić information content (AvgIpc) is 2.58. The number of methoxy groups -OCH3 is 1. The monoisotopic (exact) mass is 383 g/mol. The molecule has 0 bridgehead atoms. The van der Waals surface area contributed by atoms with Crippen molar-refractivity contribution >= 4 is 46.7 Å². The van der Waals surface area contributed by atoms with Crippen molar-refractivity contribution in [2.45, 2.75) is 18.9 Å². The molecule has 1 atom stereocenters. The van der Waals surface area contributed by atoms with E-state index in [0.29, 0.717) is 18.1 Å². The molecule has 0 saturated carbocycles. The molecule has 2 N–H and O–H groups in total. The standard InChI is InChI=1S/C16H18ClN3O4S/c1-24-14(22)9-12-15(23)18-6-7-20(12)16(25)19-13(21)8-10-2-4-11(17)5-3-10/h2-5,12H,6-9H2,1H3,(H,18,23)(H,19,21,25). The predicted molar refractivity (Wildman–Crippen MR) is 96.0 cm³/mol. The van der Waals surface area contributed by atoms with Gasteiger partial charge in [-0.3, -0.25) is 14.4 Å². The zero-order valence-electron chi connectivity index (χ0n) is 13.6. The Labute approximate surface area is 155 Å². The molecule has 25 heavy (non-hydrogen) atoms. The van der Waals surface area contributed by atoms with Gasteiger partial charge in [-0.05, 0) is 29.9 Å². The number of piperazine rings is 1. The molecule has 0 aliphatic carbocycles. The Morgan fingerprint density at radius 2 is 2.08 bits per heavy atom. The van der Waals surface area contributed by atoms with Crippen LogP contribution < -0.4 is 10.6 Å². The molecule has 1 unspecified atom stereocenters. The van der Waals surface area contributed by atoms with Gasteiger partial charge in [0.05, 0.1) is 20.0 Å². The maximum absolute atomic E-state index is 12.2. The van der Waals surface area contributed by atoms with E-state index >= 15 is 0 Å². The van der Waals surface area contributed by atoms with E-state index in [1.807, 2.05) is 0 Å². The van der Waals surface area contributed by atoms with Gasteiger partial charge in [-0.25, -0.2) is 0 Å². The number of ether oxygens (including phenoxy) is 1. The maximum atomic E-state index is 12.2. The molecule has 1 aromatic rings. The molecule has 0 aromatic heterocycles. The lowest BCUT2D eigenvalue weighted by molar-refractivity contribution is -0.144. The fraction of sp³-hybridized carbons (Fsp3) is 0.375. The first-order chi connectivity index (χ1) is 11.9. The highest BCUT2D eigenvalue weighted by Gasteiger charge is 2.33. The first kappa shape index (κ1) is 19.1. The van der Waals surface area contributed by atoms with Crippen LogP contribution in [-0.2, 0) is 25.5 Å². The Morgan fingerprint density at radius 1 is 1.40 bits per heavy atom. The van der Waals surface area contributed by atoms with E-state index < -0.39 is 12.0 Å². The summed E-state index contributed by atoms with van der Waals surface area (Å²) in [4.78, 5) is 37.2. The number of rotatable bonds is 4. The first-order valence-electron chi connectivity index (χ1n) is 7.60. The number of esters is 1. The molecule has 9 heteroatoms. The summed E-state index contributed by atoms with van der Waals surface area (Å²) >= 11 is 11.1. The number of nitrogens with zero attached hydrogens (tertiary/aromatic N) is 1. The largest absolute Gasteiger partial charge is 0.469 e. The SMILES string of the molecule is COC(=O)CC1C(=O)NCCN1C(=S)NC(=O)Cc1ccc(Cl)cc1. The predicted octanol–water partition coefficient (Wildman–Crippen LogP) is 0.647. The molecule has 1 heterocycles. The minimum absolute atomic E-state index is 0.114. The van der Waals surface area contributed by atoms with E-state index in [0.717, 1.165) is 5.56 Å². The van der Waals surface area contributed by atoms with E-state index in [1.54, 1.807) is 24.3 Å². The lowest BCUT2D eigenvalue weighted by Crippen LogP contribution is -2.60. The zero-order chi connectivity index (χ0) is 18.4. The number of hydrogen-bond donors (Lipinski definition) is 2. The van der Waals surface area contributed by atoms with Crippen molar-refractivity contribution in [3.8, 4) is 0 Å². The Hall–Kier alpha value is -2.19. The Morgan fingerprint density at radius 3 is 2.72 bits per heavy atom. The topological polar surface area (TPSA) is 87.7 Å². The summed E-state index contributed by atoms with van der Waals surface area (Å²) in [7, 11) is 1.25. The minimum Gasteiger partial charge on any atom is -0.469 e. The van der Waals surface area contributed by atoms with Gasteiger partial charge >= 0.3 is 5.97 Å². The fourth-order valence-electron chi connectivity index (χ4n) is 2.42. The molecule has 1 aliphatic rings. The molecular weight excluding hydrogens is 366 g/mol. The Bertz CT molecular complexity index is 680. The van der Waals surface area contributed by atoms with Crippen molar-refractivity contribution in [2.75, 3.05) is 20.2 Å². The van der Waals surface area contributed by atoms with Crippen LogP contribution in [0.5, 0.6) is 0 Å². The van der Waals surface area contributed by atoms with Crippen molar-refractivity contribution in [1.82, 2.24) is 15.5 Å². The highest BCUT2D eigenvalue weighted by molar-refractivity contribution is 7.80. The van der Waals surface area contributed by atoms with Crippen LogP contribution in [0.3, 0.4) is 0 Å². The normalized spacial score (nSPS) is 16.8. The van der Waals surface area contributed by atoms with Crippen molar-refractivity contribution in [2.24, 2.45) is 0 Å². The van der Waals surface area contributed by atoms with Crippen LogP contribution in [0, 0.1) is 0 Å². The summed E-state index contributed by atoms with van der Waals surface area (Å²) in [5, 5.41) is 5.98. The second-order valence-electron chi connectivity index (χ2n) is 5.44. The van der Waals surface area contributed by atoms with Gasteiger partial charge in [0, 0.05) is 18.1 Å². The highest BCUT2D eigenvalue weighted by Crippen LogP contribution is 2.12. The Kier molecular flexibility index (Phi) is 6.72. The summed E-state index contributed by atoms with van der Waals surface area (Å²) in [5.41, 5.74) is 0.784. The lowest BCUT2D eigenvalue weighted by Gasteiger charge is -2.36. The van der Waals surface area contributed by atoms with Gasteiger partial charge in [-0.2, -0.15) is 0 Å². The first-order valence-corrected chi connectivity index (χ1v) is 8.38. The van der Waals surface area contributed by atoms with Crippen LogP contribution >= 0.6 is 23.8 Å². The van der Waals surface area contributed by atoms with Crippen molar-refractivity contribution in [3.63, 3.8) is 0 Å². The number of amides is 2. The van der Waals surface area contributed by atoms with Crippen LogP contribution in [0.15, 0.2) is 24.3 Å². The summed E-state index contributed by atoms with van der Waals surface area (Å²) < 4.78 is 4.61. The Balaban J connectivity index is 1.99. The third kappa shape index (κ3) is 5.40. The van der Waals surface area contributed by atoms with Crippen molar-refractivity contribution in [1.29, 1.82) is 0 Å². The van der Waals surface area contributed by atoms with Crippen LogP contribution in [-0.4, -0.2) is 54.0 Å². The van der Waals surface area contributed by atoms with Gasteiger partial charge < -0.3 is 20.3 Å². The van der Waals surface area contributed by atoms with E-state index in [9.17, 15) is 14.4 Å². The van der Waals surface area contributed by atoms with E-state index in [4.69, 9.17) is 23.8 Å². The molecule has 2 rings (SSSR count). The molecule has 7 nitrogen and oxygen atoms in total. The number of carbonyl (C=O) groups is 3. The maximum Gasteiger partial charge on any atom is 0.308 e. The summed E-state index contributed by atoms with van der Waals surface area (Å²) in [6, 6.07) is 6.09. The van der Waals surface area contributed by atoms with Gasteiger partial charge in [0.15, 0.2) is 5.11 Å². The number of benzene rings is 1. The van der Waals surface area contributed by atoms with Crippen molar-refractivity contribution in [3.05, 3.63) is 34.9 Å². The lowest BCUT2D eigenvalue weighted by atomic mass is 10.1. The van der Waals surface area contributed by atoms with Crippen molar-refractivity contribution < 1.29 is 19.1 Å². The molecule has 1 fully saturated rings. The second kappa shape index (κ2) is 8.77. The third-order valence-corrected chi connectivity index (χ3v) is 4.29. The summed E-state index contributed by atoms with van der Waals surface area (Å²) in [6.45, 7) is 0.775. The third-order valence-electron chi connectivity index (χ3n) is 3.70. The zero-order valence-corrected chi connectivity index (χ0v) is 15.2. The molecule has 1 saturated heterocycles. The van der Waals surface area contributed by atoms with Gasteiger partial charge in [0.25, 0.3) is 0 Å². The molecule has 1 aliphatic heterocycles. The van der Waals surface area contributed by atoms with Gasteiger partial charge in [-0.1, -0.05) is 23.7 Å². The number of thiocarbonyl (C=S) groups is 1. The van der Waals surface area contributed by atoms with Crippen LogP contribution in [0.1, 0.15) is 12.0 Å².